The number of hydrogen-bond donors (Lipinski definition) is 3. The van der Waals surface area contributed by atoms with Crippen LogP contribution in [-0.2, 0) is 14.3 Å². The molecule has 0 spiro atoms. The molecule has 3 amide bonds. The van der Waals surface area contributed by atoms with Crippen LogP contribution in [0.4, 0.5) is 10.5 Å². The van der Waals surface area contributed by atoms with Crippen LogP contribution in [0.25, 0.3) is 0 Å². The third-order valence-electron chi connectivity index (χ3n) is 5.39. The number of aryl methyl sites for hydroxylation is 1. The second-order valence-electron chi connectivity index (χ2n) is 8.35. The van der Waals surface area contributed by atoms with Crippen LogP contribution in [0.1, 0.15) is 37.9 Å². The van der Waals surface area contributed by atoms with E-state index in [1.165, 1.54) is 7.11 Å². The van der Waals surface area contributed by atoms with Crippen LogP contribution in [0.2, 0.25) is 0 Å². The first kappa shape index (κ1) is 25.6. The fourth-order valence-electron chi connectivity index (χ4n) is 3.69. The molecule has 1 atom stereocenters. The Bertz CT molecular complexity index is 1120. The molecule has 2 aromatic carbocycles. The maximum atomic E-state index is 12.8. The lowest BCUT2D eigenvalue weighted by atomic mass is 9.91. The average molecular weight is 482 g/mol. The van der Waals surface area contributed by atoms with Gasteiger partial charge in [-0.25, -0.2) is 9.59 Å². The van der Waals surface area contributed by atoms with Crippen molar-refractivity contribution in [3.05, 3.63) is 64.9 Å². The molecule has 0 radical (unpaired) electrons. The number of carbonyl (C=O) groups excluding carboxylic acids is 3. The minimum absolute atomic E-state index is 0.112. The van der Waals surface area contributed by atoms with E-state index < -0.39 is 18.0 Å². The van der Waals surface area contributed by atoms with Crippen LogP contribution >= 0.6 is 0 Å². The maximum absolute atomic E-state index is 12.8. The molecule has 9 nitrogen and oxygen atoms in total. The van der Waals surface area contributed by atoms with Crippen molar-refractivity contribution in [3.8, 4) is 11.5 Å². The zero-order valence-electron chi connectivity index (χ0n) is 20.6. The number of rotatable bonds is 9. The first-order valence-electron chi connectivity index (χ1n) is 11.4. The molecule has 1 heterocycles. The van der Waals surface area contributed by atoms with Gasteiger partial charge in [-0.05, 0) is 49.6 Å². The van der Waals surface area contributed by atoms with Crippen molar-refractivity contribution in [3.63, 3.8) is 0 Å². The average Bonchev–Trinajstić information content (AvgIpc) is 2.83. The summed E-state index contributed by atoms with van der Waals surface area (Å²) in [6.45, 7) is 7.44. The number of hydrogen-bond acceptors (Lipinski definition) is 6. The highest BCUT2D eigenvalue weighted by molar-refractivity contribution is 5.95. The van der Waals surface area contributed by atoms with Crippen molar-refractivity contribution in [1.29, 1.82) is 0 Å². The summed E-state index contributed by atoms with van der Waals surface area (Å²) in [6.07, 6.45) is 0. The molecule has 1 unspecified atom stereocenters. The number of amides is 3. The summed E-state index contributed by atoms with van der Waals surface area (Å²) >= 11 is 0. The molecule has 0 bridgehead atoms. The Kier molecular flexibility index (Phi) is 8.35. The monoisotopic (exact) mass is 481 g/mol. The molecule has 2 aromatic rings. The molecular weight excluding hydrogens is 450 g/mol. The number of methoxy groups -OCH3 is 1. The molecule has 0 fully saturated rings. The van der Waals surface area contributed by atoms with E-state index in [2.05, 4.69) is 16.0 Å². The lowest BCUT2D eigenvalue weighted by Gasteiger charge is -2.31. The van der Waals surface area contributed by atoms with Gasteiger partial charge in [0.05, 0.1) is 25.3 Å². The smallest absolute Gasteiger partial charge is 0.338 e. The number of ether oxygens (including phenoxy) is 3. The SMILES string of the molecule is CCOC(=O)C1=C(C(C)C)NC(=O)NC1c1ccc(OCC(=O)Nc2ccc(C)cc2)c(OC)c1. The third-order valence-corrected chi connectivity index (χ3v) is 5.39. The van der Waals surface area contributed by atoms with Gasteiger partial charge in [-0.1, -0.05) is 37.6 Å². The number of nitrogens with one attached hydrogen (secondary N) is 3. The highest BCUT2D eigenvalue weighted by atomic mass is 16.5. The molecule has 3 rings (SSSR count). The molecule has 9 heteroatoms. The van der Waals surface area contributed by atoms with Gasteiger partial charge in [0.2, 0.25) is 0 Å². The van der Waals surface area contributed by atoms with Crippen molar-refractivity contribution < 1.29 is 28.6 Å². The Balaban J connectivity index is 1.82. The van der Waals surface area contributed by atoms with E-state index in [-0.39, 0.29) is 25.0 Å². The summed E-state index contributed by atoms with van der Waals surface area (Å²) in [7, 11) is 1.47. The second kappa shape index (κ2) is 11.4. The maximum Gasteiger partial charge on any atom is 0.338 e. The number of benzene rings is 2. The first-order chi connectivity index (χ1) is 16.7. The zero-order valence-corrected chi connectivity index (χ0v) is 20.6. The van der Waals surface area contributed by atoms with Crippen molar-refractivity contribution in [2.24, 2.45) is 5.92 Å². The summed E-state index contributed by atoms with van der Waals surface area (Å²) in [4.78, 5) is 37.5. The largest absolute Gasteiger partial charge is 0.493 e. The van der Waals surface area contributed by atoms with E-state index in [0.29, 0.717) is 34.0 Å². The van der Waals surface area contributed by atoms with Crippen LogP contribution in [0.3, 0.4) is 0 Å². The first-order valence-corrected chi connectivity index (χ1v) is 11.4. The van der Waals surface area contributed by atoms with Gasteiger partial charge in [0.1, 0.15) is 0 Å². The van der Waals surface area contributed by atoms with Crippen LogP contribution in [-0.4, -0.2) is 38.2 Å². The van der Waals surface area contributed by atoms with E-state index in [9.17, 15) is 14.4 Å². The fraction of sp³-hybridized carbons (Fsp3) is 0.346. The van der Waals surface area contributed by atoms with E-state index >= 15 is 0 Å². The normalized spacial score (nSPS) is 15.3. The molecule has 1 aliphatic heterocycles. The summed E-state index contributed by atoms with van der Waals surface area (Å²) in [5, 5.41) is 8.29. The van der Waals surface area contributed by atoms with Crippen LogP contribution in [0.5, 0.6) is 11.5 Å². The van der Waals surface area contributed by atoms with Gasteiger partial charge in [-0.15, -0.1) is 0 Å². The number of anilines is 1. The van der Waals surface area contributed by atoms with Gasteiger partial charge in [0, 0.05) is 11.4 Å². The van der Waals surface area contributed by atoms with Crippen LogP contribution < -0.4 is 25.4 Å². The molecule has 1 aliphatic rings. The van der Waals surface area contributed by atoms with E-state index in [1.54, 1.807) is 25.1 Å². The van der Waals surface area contributed by atoms with Crippen molar-refractivity contribution in [1.82, 2.24) is 10.6 Å². The van der Waals surface area contributed by atoms with Gasteiger partial charge < -0.3 is 30.2 Å². The van der Waals surface area contributed by atoms with Gasteiger partial charge in [0.25, 0.3) is 5.91 Å². The lowest BCUT2D eigenvalue weighted by molar-refractivity contribution is -0.139. The molecular formula is C26H31N3O6. The quantitative estimate of drug-likeness (QED) is 0.469. The van der Waals surface area contributed by atoms with E-state index in [4.69, 9.17) is 14.2 Å². The highest BCUT2D eigenvalue weighted by Crippen LogP contribution is 2.35. The van der Waals surface area contributed by atoms with Crippen molar-refractivity contribution in [2.45, 2.75) is 33.7 Å². The minimum atomic E-state index is -0.743. The minimum Gasteiger partial charge on any atom is -0.493 e. The highest BCUT2D eigenvalue weighted by Gasteiger charge is 2.35. The van der Waals surface area contributed by atoms with Crippen molar-refractivity contribution >= 4 is 23.6 Å². The standard InChI is InChI=1S/C26H31N3O6/c1-6-34-25(31)22-23(15(2)3)28-26(32)29-24(22)17-9-12-19(20(13-17)33-5)35-14-21(30)27-18-10-7-16(4)8-11-18/h7-13,15,24H,6,14H2,1-5H3,(H,27,30)(H2,28,29,32). The Morgan fingerprint density at radius 2 is 1.80 bits per heavy atom. The topological polar surface area (TPSA) is 115 Å². The second-order valence-corrected chi connectivity index (χ2v) is 8.35. The van der Waals surface area contributed by atoms with Gasteiger partial charge in [-0.3, -0.25) is 4.79 Å². The molecule has 0 saturated heterocycles. The Hall–Kier alpha value is -4.01. The van der Waals surface area contributed by atoms with E-state index in [0.717, 1.165) is 5.56 Å². The predicted octanol–water partition coefficient (Wildman–Crippen LogP) is 3.85. The molecule has 186 valence electrons. The number of carbonyl (C=O) groups is 3. The fourth-order valence-corrected chi connectivity index (χ4v) is 3.69. The van der Waals surface area contributed by atoms with Crippen LogP contribution in [0.15, 0.2) is 53.7 Å². The predicted molar refractivity (Wildman–Crippen MR) is 131 cm³/mol. The van der Waals surface area contributed by atoms with Gasteiger partial charge in [0.15, 0.2) is 18.1 Å². The third kappa shape index (κ3) is 6.32. The summed E-state index contributed by atoms with van der Waals surface area (Å²) in [5.74, 6) is -0.242. The lowest BCUT2D eigenvalue weighted by Crippen LogP contribution is -2.47. The number of esters is 1. The van der Waals surface area contributed by atoms with Crippen molar-refractivity contribution in [2.75, 3.05) is 25.6 Å². The summed E-state index contributed by atoms with van der Waals surface area (Å²) in [6, 6.07) is 11.3. The summed E-state index contributed by atoms with van der Waals surface area (Å²) < 4.78 is 16.4. The Morgan fingerprint density at radius 3 is 2.43 bits per heavy atom. The molecule has 0 saturated carbocycles. The van der Waals surface area contributed by atoms with Crippen LogP contribution in [0, 0.1) is 12.8 Å². The number of allylic oxidation sites excluding steroid dienone is 1. The van der Waals surface area contributed by atoms with Gasteiger partial charge in [-0.2, -0.15) is 0 Å². The molecule has 3 N–H and O–H groups in total. The molecule has 0 aromatic heterocycles. The Morgan fingerprint density at radius 1 is 1.09 bits per heavy atom. The van der Waals surface area contributed by atoms with Gasteiger partial charge >= 0.3 is 12.0 Å². The molecule has 0 aliphatic carbocycles. The summed E-state index contributed by atoms with van der Waals surface area (Å²) in [5.41, 5.74) is 3.20. The number of urea groups is 1. The molecule has 35 heavy (non-hydrogen) atoms. The zero-order chi connectivity index (χ0) is 25.5. The Labute approximate surface area is 204 Å². The van der Waals surface area contributed by atoms with E-state index in [1.807, 2.05) is 45.0 Å².